The molecule has 1 aromatic rings. The number of benzene rings is 1. The van der Waals surface area contributed by atoms with Crippen LogP contribution in [-0.2, 0) is 16.4 Å². The van der Waals surface area contributed by atoms with Gasteiger partial charge >= 0.3 is 0 Å². The van der Waals surface area contributed by atoms with Gasteiger partial charge in [-0.1, -0.05) is 6.92 Å². The number of nitrogens with two attached hydrogens (primary N) is 1. The molecule has 0 radical (unpaired) electrons. The van der Waals surface area contributed by atoms with Crippen molar-refractivity contribution in [2.45, 2.75) is 24.7 Å². The molecule has 1 rings (SSSR count). The molecule has 3 N–H and O–H groups in total. The maximum atomic E-state index is 11.5. The third kappa shape index (κ3) is 4.29. The van der Waals surface area contributed by atoms with Gasteiger partial charge in [0.15, 0.2) is 0 Å². The standard InChI is InChI=1S/C12H20N2O3S/c1-3-7-14-8-6-10-9-11(17-2)4-5-12(10)18(13,15)16/h4-5,9,14H,3,6-8H2,1-2H3,(H2,13,15,16). The fourth-order valence-corrected chi connectivity index (χ4v) is 2.46. The maximum Gasteiger partial charge on any atom is 0.238 e. The van der Waals surface area contributed by atoms with Crippen LogP contribution in [-0.4, -0.2) is 28.6 Å². The van der Waals surface area contributed by atoms with Gasteiger partial charge in [0.25, 0.3) is 0 Å². The van der Waals surface area contributed by atoms with Gasteiger partial charge in [-0.05, 0) is 49.7 Å². The number of nitrogens with one attached hydrogen (secondary N) is 1. The van der Waals surface area contributed by atoms with Crippen LogP contribution in [0.15, 0.2) is 23.1 Å². The van der Waals surface area contributed by atoms with Crippen molar-refractivity contribution in [1.82, 2.24) is 5.32 Å². The van der Waals surface area contributed by atoms with Gasteiger partial charge in [-0.3, -0.25) is 0 Å². The Balaban J connectivity index is 2.91. The second kappa shape index (κ2) is 6.72. The lowest BCUT2D eigenvalue weighted by molar-refractivity contribution is 0.413. The van der Waals surface area contributed by atoms with Crippen LogP contribution >= 0.6 is 0 Å². The molecule has 0 aliphatic rings. The lowest BCUT2D eigenvalue weighted by atomic mass is 10.1. The number of hydrogen-bond donors (Lipinski definition) is 2. The Morgan fingerprint density at radius 2 is 2.06 bits per heavy atom. The van der Waals surface area contributed by atoms with E-state index in [4.69, 9.17) is 9.88 Å². The molecule has 102 valence electrons. The van der Waals surface area contributed by atoms with Crippen molar-refractivity contribution >= 4 is 10.0 Å². The Hall–Kier alpha value is -1.11. The van der Waals surface area contributed by atoms with Crippen LogP contribution in [0, 0.1) is 0 Å². The van der Waals surface area contributed by atoms with E-state index in [2.05, 4.69) is 12.2 Å². The highest BCUT2D eigenvalue weighted by atomic mass is 32.2. The van der Waals surface area contributed by atoms with Gasteiger partial charge in [0.05, 0.1) is 12.0 Å². The zero-order chi connectivity index (χ0) is 13.6. The third-order valence-electron chi connectivity index (χ3n) is 2.57. The molecular weight excluding hydrogens is 252 g/mol. The van der Waals surface area contributed by atoms with E-state index < -0.39 is 10.0 Å². The summed E-state index contributed by atoms with van der Waals surface area (Å²) in [4.78, 5) is 0.168. The number of rotatable bonds is 7. The smallest absolute Gasteiger partial charge is 0.238 e. The molecule has 6 heteroatoms. The molecule has 0 atom stereocenters. The Morgan fingerprint density at radius 1 is 1.33 bits per heavy atom. The maximum absolute atomic E-state index is 11.5. The van der Waals surface area contributed by atoms with Crippen LogP contribution in [0.2, 0.25) is 0 Å². The molecule has 1 aromatic carbocycles. The SMILES string of the molecule is CCCNCCc1cc(OC)ccc1S(N)(=O)=O. The van der Waals surface area contributed by atoms with Crippen molar-refractivity contribution in [3.8, 4) is 5.75 Å². The predicted molar refractivity (Wildman–Crippen MR) is 71.2 cm³/mol. The van der Waals surface area contributed by atoms with Crippen LogP contribution < -0.4 is 15.2 Å². The van der Waals surface area contributed by atoms with Gasteiger partial charge < -0.3 is 10.1 Å². The molecule has 0 aliphatic carbocycles. The summed E-state index contributed by atoms with van der Waals surface area (Å²) in [6.45, 7) is 3.70. The van der Waals surface area contributed by atoms with Crippen molar-refractivity contribution in [3.05, 3.63) is 23.8 Å². The number of ether oxygens (including phenoxy) is 1. The van der Waals surface area contributed by atoms with Gasteiger partial charge in [0.1, 0.15) is 5.75 Å². The van der Waals surface area contributed by atoms with Crippen molar-refractivity contribution in [3.63, 3.8) is 0 Å². The molecule has 0 bridgehead atoms. The van der Waals surface area contributed by atoms with Crippen molar-refractivity contribution < 1.29 is 13.2 Å². The summed E-state index contributed by atoms with van der Waals surface area (Å²) in [5.74, 6) is 0.632. The van der Waals surface area contributed by atoms with Crippen LogP contribution in [0.25, 0.3) is 0 Å². The molecule has 0 spiro atoms. The van der Waals surface area contributed by atoms with E-state index in [1.165, 1.54) is 6.07 Å². The normalized spacial score (nSPS) is 11.5. The van der Waals surface area contributed by atoms with E-state index in [1.807, 2.05) is 0 Å². The number of primary sulfonamides is 1. The van der Waals surface area contributed by atoms with Gasteiger partial charge in [0, 0.05) is 0 Å². The highest BCUT2D eigenvalue weighted by Gasteiger charge is 2.14. The summed E-state index contributed by atoms with van der Waals surface area (Å²) in [5, 5.41) is 8.41. The molecule has 0 amide bonds. The summed E-state index contributed by atoms with van der Waals surface area (Å²) >= 11 is 0. The fraction of sp³-hybridized carbons (Fsp3) is 0.500. The average Bonchev–Trinajstić information content (AvgIpc) is 2.33. The lowest BCUT2D eigenvalue weighted by Gasteiger charge is -2.10. The van der Waals surface area contributed by atoms with E-state index in [0.29, 0.717) is 24.3 Å². The molecule has 0 unspecified atom stereocenters. The molecule has 0 saturated heterocycles. The quantitative estimate of drug-likeness (QED) is 0.722. The van der Waals surface area contributed by atoms with E-state index >= 15 is 0 Å². The van der Waals surface area contributed by atoms with Gasteiger partial charge in [-0.2, -0.15) is 0 Å². The Morgan fingerprint density at radius 3 is 2.61 bits per heavy atom. The average molecular weight is 272 g/mol. The minimum atomic E-state index is -3.68. The number of sulfonamides is 1. The number of hydrogen-bond acceptors (Lipinski definition) is 4. The van der Waals surface area contributed by atoms with Crippen LogP contribution in [0.1, 0.15) is 18.9 Å². The molecule has 0 aromatic heterocycles. The first kappa shape index (κ1) is 14.9. The fourth-order valence-electron chi connectivity index (χ4n) is 1.68. The molecule has 5 nitrogen and oxygen atoms in total. The van der Waals surface area contributed by atoms with Crippen molar-refractivity contribution in [1.29, 1.82) is 0 Å². The minimum Gasteiger partial charge on any atom is -0.497 e. The van der Waals surface area contributed by atoms with Crippen molar-refractivity contribution in [2.24, 2.45) is 5.14 Å². The second-order valence-corrected chi connectivity index (χ2v) is 5.55. The monoisotopic (exact) mass is 272 g/mol. The highest BCUT2D eigenvalue weighted by Crippen LogP contribution is 2.21. The molecule has 0 heterocycles. The molecule has 18 heavy (non-hydrogen) atoms. The molecule has 0 aliphatic heterocycles. The second-order valence-electron chi connectivity index (χ2n) is 4.02. The lowest BCUT2D eigenvalue weighted by Crippen LogP contribution is -2.20. The number of methoxy groups -OCH3 is 1. The Labute approximate surface area is 108 Å². The first-order chi connectivity index (χ1) is 8.49. The van der Waals surface area contributed by atoms with E-state index in [0.717, 1.165) is 13.0 Å². The van der Waals surface area contributed by atoms with E-state index in [-0.39, 0.29) is 4.90 Å². The van der Waals surface area contributed by atoms with Gasteiger partial charge in [-0.15, -0.1) is 0 Å². The van der Waals surface area contributed by atoms with E-state index in [1.54, 1.807) is 19.2 Å². The zero-order valence-corrected chi connectivity index (χ0v) is 11.6. The van der Waals surface area contributed by atoms with Crippen LogP contribution in [0.5, 0.6) is 5.75 Å². The molecular formula is C12H20N2O3S. The summed E-state index contributed by atoms with van der Waals surface area (Å²) in [6, 6.07) is 4.80. The Kier molecular flexibility index (Phi) is 5.58. The largest absolute Gasteiger partial charge is 0.497 e. The summed E-state index contributed by atoms with van der Waals surface area (Å²) in [6.07, 6.45) is 1.64. The zero-order valence-electron chi connectivity index (χ0n) is 10.8. The summed E-state index contributed by atoms with van der Waals surface area (Å²) < 4.78 is 28.0. The van der Waals surface area contributed by atoms with Crippen LogP contribution in [0.3, 0.4) is 0 Å². The summed E-state index contributed by atoms with van der Waals surface area (Å²) in [7, 11) is -2.14. The Bertz CT molecular complexity index is 486. The van der Waals surface area contributed by atoms with Crippen LogP contribution in [0.4, 0.5) is 0 Å². The highest BCUT2D eigenvalue weighted by molar-refractivity contribution is 7.89. The third-order valence-corrected chi connectivity index (χ3v) is 3.58. The summed E-state index contributed by atoms with van der Waals surface area (Å²) in [5.41, 5.74) is 0.681. The van der Waals surface area contributed by atoms with Gasteiger partial charge in [-0.25, -0.2) is 13.6 Å². The van der Waals surface area contributed by atoms with Gasteiger partial charge in [0.2, 0.25) is 10.0 Å². The predicted octanol–water partition coefficient (Wildman–Crippen LogP) is 0.885. The topological polar surface area (TPSA) is 81.4 Å². The molecule has 0 saturated carbocycles. The van der Waals surface area contributed by atoms with E-state index in [9.17, 15) is 8.42 Å². The first-order valence-electron chi connectivity index (χ1n) is 5.89. The first-order valence-corrected chi connectivity index (χ1v) is 7.44. The minimum absolute atomic E-state index is 0.168. The van der Waals surface area contributed by atoms with Crippen molar-refractivity contribution in [2.75, 3.05) is 20.2 Å². The molecule has 0 fully saturated rings.